The van der Waals surface area contributed by atoms with Gasteiger partial charge in [-0.2, -0.15) is 0 Å². The van der Waals surface area contributed by atoms with Gasteiger partial charge in [-0.1, -0.05) is 59.6 Å². The Morgan fingerprint density at radius 3 is 2.68 bits per heavy atom. The number of carbonyl (C=O) groups is 1. The lowest BCUT2D eigenvalue weighted by molar-refractivity contribution is -0.166. The van der Waals surface area contributed by atoms with Gasteiger partial charge in [0.1, 0.15) is 0 Å². The number of ether oxygens (including phenoxy) is 2. The first kappa shape index (κ1) is 22.6. The summed E-state index contributed by atoms with van der Waals surface area (Å²) in [4.78, 5) is 14.8. The number of benzene rings is 2. The molecular weight excluding hydrogens is 433 g/mol. The molecule has 31 heavy (non-hydrogen) atoms. The van der Waals surface area contributed by atoms with Crippen molar-refractivity contribution in [3.05, 3.63) is 69.7 Å². The second-order valence-electron chi connectivity index (χ2n) is 8.56. The molecule has 0 saturated carbocycles. The third-order valence-corrected chi connectivity index (χ3v) is 7.17. The summed E-state index contributed by atoms with van der Waals surface area (Å²) in [6.45, 7) is 2.59. The van der Waals surface area contributed by atoms with Crippen LogP contribution in [0.2, 0.25) is 10.0 Å². The molecule has 2 fully saturated rings. The predicted octanol–water partition coefficient (Wildman–Crippen LogP) is 5.99. The molecule has 0 radical (unpaired) electrons. The number of halogens is 2. The molecule has 2 heterocycles. The van der Waals surface area contributed by atoms with E-state index in [2.05, 4.69) is 12.1 Å². The van der Waals surface area contributed by atoms with Crippen molar-refractivity contribution in [2.45, 2.75) is 56.8 Å². The van der Waals surface area contributed by atoms with Crippen LogP contribution in [0.4, 0.5) is 0 Å². The average molecular weight is 462 g/mol. The molecule has 0 aliphatic carbocycles. The van der Waals surface area contributed by atoms with Crippen LogP contribution in [0.15, 0.2) is 48.5 Å². The van der Waals surface area contributed by atoms with Crippen molar-refractivity contribution in [1.29, 1.82) is 0 Å². The van der Waals surface area contributed by atoms with Crippen LogP contribution >= 0.6 is 23.2 Å². The van der Waals surface area contributed by atoms with Crippen molar-refractivity contribution in [2.24, 2.45) is 0 Å². The zero-order valence-electron chi connectivity index (χ0n) is 17.7. The SMILES string of the molecule is O=C1CCC(CCOC2CCCCO2)(c2ccc(Cl)c(Cl)c2)CN1Cc1ccccc1. The van der Waals surface area contributed by atoms with Gasteiger partial charge in [0, 0.05) is 31.5 Å². The summed E-state index contributed by atoms with van der Waals surface area (Å²) >= 11 is 12.6. The molecule has 2 aromatic carbocycles. The quantitative estimate of drug-likeness (QED) is 0.508. The van der Waals surface area contributed by atoms with Crippen LogP contribution in [-0.2, 0) is 26.2 Å². The smallest absolute Gasteiger partial charge is 0.222 e. The fourth-order valence-corrected chi connectivity index (χ4v) is 4.92. The van der Waals surface area contributed by atoms with Crippen molar-refractivity contribution in [1.82, 2.24) is 4.90 Å². The van der Waals surface area contributed by atoms with E-state index in [-0.39, 0.29) is 17.6 Å². The largest absolute Gasteiger partial charge is 0.353 e. The van der Waals surface area contributed by atoms with Crippen molar-refractivity contribution in [3.63, 3.8) is 0 Å². The molecule has 0 bridgehead atoms. The van der Waals surface area contributed by atoms with E-state index in [0.29, 0.717) is 36.2 Å². The van der Waals surface area contributed by atoms with Gasteiger partial charge in [0.25, 0.3) is 0 Å². The van der Waals surface area contributed by atoms with Crippen LogP contribution in [0.25, 0.3) is 0 Å². The first-order valence-corrected chi connectivity index (χ1v) is 11.8. The summed E-state index contributed by atoms with van der Waals surface area (Å²) < 4.78 is 11.8. The van der Waals surface area contributed by atoms with E-state index in [1.54, 1.807) is 0 Å². The second kappa shape index (κ2) is 10.4. The molecule has 4 rings (SSSR count). The maximum Gasteiger partial charge on any atom is 0.222 e. The number of amides is 1. The van der Waals surface area contributed by atoms with Crippen LogP contribution < -0.4 is 0 Å². The van der Waals surface area contributed by atoms with Gasteiger partial charge >= 0.3 is 0 Å². The van der Waals surface area contributed by atoms with Crippen molar-refractivity contribution in [2.75, 3.05) is 19.8 Å². The van der Waals surface area contributed by atoms with E-state index in [1.165, 1.54) is 0 Å². The molecule has 0 aromatic heterocycles. The first-order chi connectivity index (χ1) is 15.1. The molecule has 6 heteroatoms. The van der Waals surface area contributed by atoms with Crippen LogP contribution in [0.3, 0.4) is 0 Å². The standard InChI is InChI=1S/C25H29Cl2NO3/c26-21-10-9-20(16-22(21)27)25(13-15-31-24-8-4-5-14-30-24)12-11-23(29)28(18-25)17-19-6-2-1-3-7-19/h1-3,6-7,9-10,16,24H,4-5,8,11-15,17-18H2. The fourth-order valence-electron chi connectivity index (χ4n) is 4.62. The van der Waals surface area contributed by atoms with E-state index in [0.717, 1.165) is 49.8 Å². The Hall–Kier alpha value is -1.59. The first-order valence-electron chi connectivity index (χ1n) is 11.1. The Kier molecular flexibility index (Phi) is 7.55. The van der Waals surface area contributed by atoms with Crippen LogP contribution in [-0.4, -0.2) is 36.9 Å². The minimum Gasteiger partial charge on any atom is -0.353 e. The highest BCUT2D eigenvalue weighted by molar-refractivity contribution is 6.42. The number of piperidine rings is 1. The Morgan fingerprint density at radius 2 is 1.94 bits per heavy atom. The lowest BCUT2D eigenvalue weighted by Crippen LogP contribution is -2.49. The third kappa shape index (κ3) is 5.61. The van der Waals surface area contributed by atoms with Crippen molar-refractivity contribution in [3.8, 4) is 0 Å². The molecule has 2 unspecified atom stereocenters. The highest BCUT2D eigenvalue weighted by atomic mass is 35.5. The summed E-state index contributed by atoms with van der Waals surface area (Å²) in [5.74, 6) is 0.191. The Bertz CT molecular complexity index is 886. The zero-order valence-corrected chi connectivity index (χ0v) is 19.2. The molecule has 4 nitrogen and oxygen atoms in total. The van der Waals surface area contributed by atoms with Crippen molar-refractivity contribution >= 4 is 29.1 Å². The molecule has 0 N–H and O–H groups in total. The number of hydrogen-bond donors (Lipinski definition) is 0. The molecule has 2 aliphatic heterocycles. The Labute approximate surface area is 194 Å². The number of rotatable bonds is 7. The Balaban J connectivity index is 1.54. The van der Waals surface area contributed by atoms with Gasteiger partial charge in [-0.05, 0) is 55.4 Å². The molecule has 0 spiro atoms. The topological polar surface area (TPSA) is 38.8 Å². The molecule has 2 aromatic rings. The molecule has 2 aliphatic rings. The molecule has 2 saturated heterocycles. The van der Waals surface area contributed by atoms with E-state index < -0.39 is 0 Å². The average Bonchev–Trinajstić information content (AvgIpc) is 2.79. The van der Waals surface area contributed by atoms with Crippen LogP contribution in [0.5, 0.6) is 0 Å². The zero-order chi connectivity index (χ0) is 21.7. The summed E-state index contributed by atoms with van der Waals surface area (Å²) in [6, 6.07) is 16.0. The number of carbonyl (C=O) groups excluding carboxylic acids is 1. The highest BCUT2D eigenvalue weighted by Crippen LogP contribution is 2.40. The fraction of sp³-hybridized carbons (Fsp3) is 0.480. The molecule has 1 amide bonds. The molecule has 166 valence electrons. The third-order valence-electron chi connectivity index (χ3n) is 6.43. The predicted molar refractivity (Wildman–Crippen MR) is 123 cm³/mol. The number of nitrogens with zero attached hydrogens (tertiary/aromatic N) is 1. The second-order valence-corrected chi connectivity index (χ2v) is 9.38. The number of likely N-dealkylation sites (tertiary alicyclic amines) is 1. The van der Waals surface area contributed by atoms with Gasteiger partial charge in [0.15, 0.2) is 6.29 Å². The van der Waals surface area contributed by atoms with Gasteiger partial charge in [-0.25, -0.2) is 0 Å². The molecular formula is C25H29Cl2NO3. The maximum absolute atomic E-state index is 12.8. The summed E-state index contributed by atoms with van der Waals surface area (Å²) in [6.07, 6.45) is 5.13. The number of hydrogen-bond acceptors (Lipinski definition) is 3. The lowest BCUT2D eigenvalue weighted by Gasteiger charge is -2.43. The van der Waals surface area contributed by atoms with Gasteiger partial charge in [-0.15, -0.1) is 0 Å². The summed E-state index contributed by atoms with van der Waals surface area (Å²) in [7, 11) is 0. The van der Waals surface area contributed by atoms with Gasteiger partial charge in [0.2, 0.25) is 5.91 Å². The van der Waals surface area contributed by atoms with Crippen LogP contribution in [0.1, 0.15) is 49.7 Å². The highest BCUT2D eigenvalue weighted by Gasteiger charge is 2.40. The monoisotopic (exact) mass is 461 g/mol. The van der Waals surface area contributed by atoms with Gasteiger partial charge in [0.05, 0.1) is 16.7 Å². The van der Waals surface area contributed by atoms with E-state index in [1.807, 2.05) is 41.3 Å². The van der Waals surface area contributed by atoms with E-state index in [4.69, 9.17) is 32.7 Å². The minimum absolute atomic E-state index is 0.120. The molecule has 2 atom stereocenters. The Morgan fingerprint density at radius 1 is 1.10 bits per heavy atom. The summed E-state index contributed by atoms with van der Waals surface area (Å²) in [5.41, 5.74) is 2.01. The van der Waals surface area contributed by atoms with Gasteiger partial charge < -0.3 is 14.4 Å². The lowest BCUT2D eigenvalue weighted by atomic mass is 9.71. The van der Waals surface area contributed by atoms with Crippen LogP contribution in [0, 0.1) is 0 Å². The van der Waals surface area contributed by atoms with Gasteiger partial charge in [-0.3, -0.25) is 4.79 Å². The normalized spacial score (nSPS) is 24.4. The van der Waals surface area contributed by atoms with E-state index in [9.17, 15) is 4.79 Å². The van der Waals surface area contributed by atoms with Crippen molar-refractivity contribution < 1.29 is 14.3 Å². The summed E-state index contributed by atoms with van der Waals surface area (Å²) in [5, 5.41) is 1.09. The minimum atomic E-state index is -0.231. The maximum atomic E-state index is 12.8. The van der Waals surface area contributed by atoms with E-state index >= 15 is 0 Å².